The molecule has 0 saturated heterocycles. The van der Waals surface area contributed by atoms with Crippen molar-refractivity contribution in [3.63, 3.8) is 0 Å². The van der Waals surface area contributed by atoms with E-state index < -0.39 is 20.0 Å². The van der Waals surface area contributed by atoms with Gasteiger partial charge in [0.15, 0.2) is 0 Å². The highest BCUT2D eigenvalue weighted by molar-refractivity contribution is 7.47. The quantitative estimate of drug-likeness (QED) is 0.0243. The number of hydrogen-bond donors (Lipinski definition) is 3. The first kappa shape index (κ1) is 64.7. The number of aliphatic hydroxyl groups excluding tert-OH is 1. The number of hydrogen-bond acceptors (Lipinski definition) is 5. The SMILES string of the molecule is CC/C=C\C/C=C\C/C=C\C/C=C\C/C=C\C/C=C\CCCCCCCCCCCCCCCCCCCCCCC(=O)NC(COP(=O)(O)OCC[N+](C)(C)C)C(O)/C=C/CCCCCC. The van der Waals surface area contributed by atoms with Gasteiger partial charge in [-0.25, -0.2) is 4.57 Å². The fourth-order valence-electron chi connectivity index (χ4n) is 7.57. The predicted octanol–water partition coefficient (Wildman–Crippen LogP) is 16.5. The predicted molar refractivity (Wildman–Crippen MR) is 290 cm³/mol. The van der Waals surface area contributed by atoms with Crippen molar-refractivity contribution in [2.75, 3.05) is 40.9 Å². The third-order valence-electron chi connectivity index (χ3n) is 11.9. The average Bonchev–Trinajstić information content (AvgIpc) is 3.29. The zero-order chi connectivity index (χ0) is 49.2. The number of allylic oxidation sites excluding steroid dienone is 13. The molecule has 9 heteroatoms. The Labute approximate surface area is 414 Å². The zero-order valence-electron chi connectivity index (χ0n) is 44.1. The van der Waals surface area contributed by atoms with Crippen LogP contribution in [0, 0.1) is 0 Å². The number of carbonyl (C=O) groups excluding carboxylic acids is 1. The molecule has 0 spiro atoms. The Morgan fingerprint density at radius 3 is 1.31 bits per heavy atom. The first-order valence-electron chi connectivity index (χ1n) is 27.5. The summed E-state index contributed by atoms with van der Waals surface area (Å²) >= 11 is 0. The van der Waals surface area contributed by atoms with E-state index in [1.54, 1.807) is 6.08 Å². The Morgan fingerprint density at radius 2 is 0.896 bits per heavy atom. The van der Waals surface area contributed by atoms with Gasteiger partial charge in [0.25, 0.3) is 0 Å². The Morgan fingerprint density at radius 1 is 0.522 bits per heavy atom. The molecule has 3 N–H and O–H groups in total. The molecular formula is C58H106N2O6P+. The van der Waals surface area contributed by atoms with Gasteiger partial charge in [0.05, 0.1) is 39.9 Å². The van der Waals surface area contributed by atoms with Crippen molar-refractivity contribution in [1.82, 2.24) is 5.32 Å². The van der Waals surface area contributed by atoms with Gasteiger partial charge in [0, 0.05) is 6.42 Å². The van der Waals surface area contributed by atoms with E-state index in [1.165, 1.54) is 122 Å². The number of phosphoric acid groups is 1. The molecule has 0 aliphatic rings. The molecule has 0 aromatic heterocycles. The Hall–Kier alpha value is -2.32. The molecule has 0 aromatic rings. The summed E-state index contributed by atoms with van der Waals surface area (Å²) in [5.41, 5.74) is 0. The fraction of sp³-hybridized carbons (Fsp3) is 0.741. The molecule has 8 nitrogen and oxygen atoms in total. The molecule has 0 heterocycles. The number of aliphatic hydroxyl groups is 1. The van der Waals surface area contributed by atoms with Crippen LogP contribution in [-0.2, 0) is 18.4 Å². The Kier molecular flexibility index (Phi) is 47.0. The van der Waals surface area contributed by atoms with Crippen molar-refractivity contribution in [1.29, 1.82) is 0 Å². The van der Waals surface area contributed by atoms with Crippen molar-refractivity contribution in [2.24, 2.45) is 0 Å². The van der Waals surface area contributed by atoms with Crippen molar-refractivity contribution in [3.8, 4) is 0 Å². The van der Waals surface area contributed by atoms with Crippen molar-refractivity contribution in [3.05, 3.63) is 85.1 Å². The maximum Gasteiger partial charge on any atom is 0.472 e. The molecule has 388 valence electrons. The Bertz CT molecular complexity index is 1360. The number of amides is 1. The van der Waals surface area contributed by atoms with Crippen LogP contribution >= 0.6 is 7.82 Å². The number of quaternary nitrogens is 1. The number of unbranched alkanes of at least 4 members (excludes halogenated alkanes) is 24. The normalized spacial score (nSPS) is 14.7. The second-order valence-electron chi connectivity index (χ2n) is 19.6. The lowest BCUT2D eigenvalue weighted by atomic mass is 10.0. The van der Waals surface area contributed by atoms with Crippen LogP contribution in [0.1, 0.15) is 226 Å². The van der Waals surface area contributed by atoms with E-state index in [0.717, 1.165) is 83.5 Å². The molecular weight excluding hydrogens is 852 g/mol. The van der Waals surface area contributed by atoms with Crippen LogP contribution in [0.15, 0.2) is 85.1 Å². The van der Waals surface area contributed by atoms with Gasteiger partial charge in [-0.1, -0.05) is 234 Å². The first-order chi connectivity index (χ1) is 32.5. The number of nitrogens with one attached hydrogen (secondary N) is 1. The second-order valence-corrected chi connectivity index (χ2v) is 21.0. The minimum atomic E-state index is -4.33. The fourth-order valence-corrected chi connectivity index (χ4v) is 8.31. The Balaban J connectivity index is 3.79. The van der Waals surface area contributed by atoms with Crippen molar-refractivity contribution in [2.45, 2.75) is 238 Å². The molecule has 0 aromatic carbocycles. The molecule has 3 unspecified atom stereocenters. The van der Waals surface area contributed by atoms with E-state index in [-0.39, 0.29) is 19.1 Å². The van der Waals surface area contributed by atoms with Gasteiger partial charge < -0.3 is 19.8 Å². The van der Waals surface area contributed by atoms with Crippen molar-refractivity contribution >= 4 is 13.7 Å². The molecule has 0 saturated carbocycles. The minimum Gasteiger partial charge on any atom is -0.387 e. The molecule has 0 bridgehead atoms. The van der Waals surface area contributed by atoms with Crippen LogP contribution in [0.3, 0.4) is 0 Å². The maximum atomic E-state index is 12.8. The second kappa shape index (κ2) is 48.7. The maximum absolute atomic E-state index is 12.8. The molecule has 0 aliphatic carbocycles. The van der Waals surface area contributed by atoms with Crippen LogP contribution in [-0.4, -0.2) is 73.4 Å². The number of phosphoric ester groups is 1. The minimum absolute atomic E-state index is 0.0596. The van der Waals surface area contributed by atoms with Crippen LogP contribution < -0.4 is 5.32 Å². The van der Waals surface area contributed by atoms with Gasteiger partial charge in [-0.15, -0.1) is 0 Å². The lowest BCUT2D eigenvalue weighted by Gasteiger charge is -2.25. The summed E-state index contributed by atoms with van der Waals surface area (Å²) < 4.78 is 23.4. The molecule has 0 rings (SSSR count). The lowest BCUT2D eigenvalue weighted by molar-refractivity contribution is -0.870. The monoisotopic (exact) mass is 958 g/mol. The van der Waals surface area contributed by atoms with Crippen LogP contribution in [0.2, 0.25) is 0 Å². The summed E-state index contributed by atoms with van der Waals surface area (Å²) in [6, 6.07) is -0.844. The van der Waals surface area contributed by atoms with Gasteiger partial charge in [0.1, 0.15) is 13.2 Å². The summed E-state index contributed by atoms with van der Waals surface area (Å²) in [6.45, 7) is 4.61. The summed E-state index contributed by atoms with van der Waals surface area (Å²) in [5.74, 6) is -0.183. The summed E-state index contributed by atoms with van der Waals surface area (Å²) in [5, 5.41) is 13.7. The number of rotatable bonds is 49. The van der Waals surface area contributed by atoms with Gasteiger partial charge in [-0.2, -0.15) is 0 Å². The third-order valence-corrected chi connectivity index (χ3v) is 12.9. The highest BCUT2D eigenvalue weighted by atomic mass is 31.2. The topological polar surface area (TPSA) is 105 Å². The van der Waals surface area contributed by atoms with Gasteiger partial charge in [0.2, 0.25) is 5.91 Å². The lowest BCUT2D eigenvalue weighted by Crippen LogP contribution is -2.45. The molecule has 0 fully saturated rings. The number of likely N-dealkylation sites (N-methyl/N-ethyl adjacent to an activating group) is 1. The largest absolute Gasteiger partial charge is 0.472 e. The van der Waals surface area contributed by atoms with Gasteiger partial charge in [-0.05, 0) is 70.6 Å². The molecule has 0 radical (unpaired) electrons. The van der Waals surface area contributed by atoms with Crippen LogP contribution in [0.25, 0.3) is 0 Å². The average molecular weight is 958 g/mol. The highest BCUT2D eigenvalue weighted by Crippen LogP contribution is 2.43. The zero-order valence-corrected chi connectivity index (χ0v) is 45.0. The number of carbonyl (C=O) groups is 1. The van der Waals surface area contributed by atoms with Gasteiger partial charge in [-0.3, -0.25) is 13.8 Å². The van der Waals surface area contributed by atoms with Crippen molar-refractivity contribution < 1.29 is 32.9 Å². The summed E-state index contributed by atoms with van der Waals surface area (Å²) in [7, 11) is 1.57. The number of nitrogens with zero attached hydrogens (tertiary/aromatic N) is 1. The molecule has 3 atom stereocenters. The summed E-state index contributed by atoms with van der Waals surface area (Å²) in [4.78, 5) is 23.0. The molecule has 67 heavy (non-hydrogen) atoms. The van der Waals surface area contributed by atoms with E-state index in [9.17, 15) is 19.4 Å². The van der Waals surface area contributed by atoms with E-state index in [2.05, 4.69) is 92.1 Å². The first-order valence-corrected chi connectivity index (χ1v) is 29.0. The summed E-state index contributed by atoms with van der Waals surface area (Å²) in [6.07, 6.45) is 68.8. The molecule has 0 aliphatic heterocycles. The van der Waals surface area contributed by atoms with E-state index in [1.807, 2.05) is 27.2 Å². The molecule has 1 amide bonds. The smallest absolute Gasteiger partial charge is 0.387 e. The van der Waals surface area contributed by atoms with E-state index in [0.29, 0.717) is 17.4 Å². The third kappa shape index (κ3) is 51.4. The highest BCUT2D eigenvalue weighted by Gasteiger charge is 2.27. The standard InChI is InChI=1S/C58H105N2O6P/c1-6-8-10-12-14-15-16-17-18-19-20-21-22-23-24-25-26-27-28-29-30-31-32-33-34-35-36-37-38-39-40-41-42-43-44-45-46-48-50-52-58(62)59-56(57(61)51-49-47-13-11-9-7-2)55-66-67(63,64)65-54-53-60(3,4)5/h8,10,14-15,17-18,20-21,23-24,26-27,49,51,56-57,61H,6-7,9,11-13,16,19,22,25,28-48,50,52-55H2,1-5H3,(H-,59,62,63,64)/p+1/b10-8-,15-14-,18-17-,21-20-,24-23-,27-26-,51-49+. The van der Waals surface area contributed by atoms with E-state index >= 15 is 0 Å². The van der Waals surface area contributed by atoms with Crippen LogP contribution in [0.4, 0.5) is 0 Å². The van der Waals surface area contributed by atoms with E-state index in [4.69, 9.17) is 9.05 Å². The van der Waals surface area contributed by atoms with Crippen LogP contribution in [0.5, 0.6) is 0 Å². The van der Waals surface area contributed by atoms with Gasteiger partial charge >= 0.3 is 7.82 Å².